The van der Waals surface area contributed by atoms with Crippen LogP contribution in [0.3, 0.4) is 0 Å². The molecule has 2 fully saturated rings. The Morgan fingerprint density at radius 1 is 0.736 bits per heavy atom. The fourth-order valence-electron chi connectivity index (χ4n) is 15.5. The number of anilines is 1. The molecule has 0 spiro atoms. The highest BCUT2D eigenvalue weighted by Gasteiger charge is 2.44. The van der Waals surface area contributed by atoms with Crippen LogP contribution in [0.25, 0.3) is 0 Å². The van der Waals surface area contributed by atoms with Crippen LogP contribution in [0.15, 0.2) is 78.2 Å². The minimum absolute atomic E-state index is 0.0145. The molecule has 588 valence electrons. The van der Waals surface area contributed by atoms with Crippen molar-refractivity contribution >= 4 is 82.6 Å². The number of amides is 11. The van der Waals surface area contributed by atoms with Gasteiger partial charge >= 0.3 is 6.09 Å². The van der Waals surface area contributed by atoms with Gasteiger partial charge in [0.15, 0.2) is 0 Å². The van der Waals surface area contributed by atoms with Gasteiger partial charge in [0.05, 0.1) is 6.54 Å². The number of likely N-dealkylation sites (tertiary alicyclic amines) is 1. The standard InChI is InChI=1S/C81H126N12O12S/c1-14-19-42-93(73(55(10)15-2)59(17-4)51-69(97)91-44-27-33-65(91)62(18-5)56(11)76(99)86-64(50-57-29-22-20-23-30-57)75-58(16-3)31-28-49-106-75)70(98)52-83-79(102)72(54(8)9)89(13)81(104)105-74(80(103)90-47-45-88(12)46-48-90)60-35-37-61(38-36-60)84-77(100)63(32-26-41-82)85-78(101)71(53(6)7)87-66(94)34-24-21-25-43-92-67(95)39-40-68(92)96/h20,22-23,28-30,35-40,49,53-56,58-59,62-65,71-75H,14-19,21,24-27,31-34,41-48,50-52,82H2,1-13H3,(H,83,102)(H,84,100)(H,85,101)(H,86,99)(H,87,94). The van der Waals surface area contributed by atoms with E-state index in [1.807, 2.05) is 53.7 Å². The molecule has 106 heavy (non-hydrogen) atoms. The number of benzene rings is 2. The van der Waals surface area contributed by atoms with Crippen LogP contribution < -0.4 is 32.3 Å². The van der Waals surface area contributed by atoms with E-state index >= 15 is 4.79 Å². The average molecular weight is 1490 g/mol. The molecule has 13 atom stereocenters. The quantitative estimate of drug-likeness (QED) is 0.0266. The molecule has 2 aromatic carbocycles. The highest BCUT2D eigenvalue weighted by Crippen LogP contribution is 2.38. The molecule has 4 aliphatic rings. The maximum absolute atomic E-state index is 15.0. The number of likely N-dealkylation sites (N-methyl/N-ethyl adjacent to an activating group) is 2. The second-order valence-corrected chi connectivity index (χ2v) is 31.4. The zero-order valence-corrected chi connectivity index (χ0v) is 66.4. The number of allylic oxidation sites excluding steroid dienone is 1. The van der Waals surface area contributed by atoms with Crippen LogP contribution in [0.4, 0.5) is 10.5 Å². The van der Waals surface area contributed by atoms with Crippen molar-refractivity contribution in [1.82, 2.24) is 50.7 Å². The average Bonchev–Trinajstić information content (AvgIpc) is 1.18. The van der Waals surface area contributed by atoms with Gasteiger partial charge in [0.25, 0.3) is 17.7 Å². The van der Waals surface area contributed by atoms with E-state index in [1.54, 1.807) is 56.9 Å². The first kappa shape index (κ1) is 87.3. The van der Waals surface area contributed by atoms with Crippen molar-refractivity contribution in [2.24, 2.45) is 47.2 Å². The summed E-state index contributed by atoms with van der Waals surface area (Å²) in [6.45, 7) is 24.8. The molecular weight excluding hydrogens is 1370 g/mol. The van der Waals surface area contributed by atoms with E-state index in [2.05, 4.69) is 96.6 Å². The van der Waals surface area contributed by atoms with Crippen molar-refractivity contribution in [1.29, 1.82) is 0 Å². The monoisotopic (exact) mass is 1490 g/mol. The lowest BCUT2D eigenvalue weighted by atomic mass is 9.81. The first-order chi connectivity index (χ1) is 50.7. The van der Waals surface area contributed by atoms with Crippen molar-refractivity contribution < 1.29 is 57.5 Å². The van der Waals surface area contributed by atoms with E-state index in [0.29, 0.717) is 89.4 Å². The third kappa shape index (κ3) is 25.0. The molecule has 24 nitrogen and oxygen atoms in total. The smallest absolute Gasteiger partial charge is 0.411 e. The van der Waals surface area contributed by atoms with Gasteiger partial charge in [-0.1, -0.05) is 163 Å². The van der Waals surface area contributed by atoms with E-state index in [1.165, 1.54) is 24.8 Å². The first-order valence-corrected chi connectivity index (χ1v) is 40.3. The second kappa shape index (κ2) is 44.0. The molecule has 0 saturated carbocycles. The molecule has 2 aromatic rings. The lowest BCUT2D eigenvalue weighted by Crippen LogP contribution is -2.55. The molecule has 7 N–H and O–H groups in total. The predicted octanol–water partition coefficient (Wildman–Crippen LogP) is 9.39. The lowest BCUT2D eigenvalue weighted by molar-refractivity contribution is -0.143. The Morgan fingerprint density at radius 2 is 1.42 bits per heavy atom. The van der Waals surface area contributed by atoms with E-state index < -0.39 is 59.9 Å². The van der Waals surface area contributed by atoms with Crippen LogP contribution in [-0.4, -0.2) is 209 Å². The number of carbonyl (C=O) groups excluding carboxylic acids is 11. The Morgan fingerprint density at radius 3 is 2.04 bits per heavy atom. The molecule has 11 amide bonds. The van der Waals surface area contributed by atoms with Gasteiger partial charge in [-0.05, 0) is 130 Å². The Labute approximate surface area is 635 Å². The number of hydrogen-bond acceptors (Lipinski definition) is 15. The van der Waals surface area contributed by atoms with Crippen LogP contribution in [0.5, 0.6) is 0 Å². The van der Waals surface area contributed by atoms with E-state index in [9.17, 15) is 47.9 Å². The first-order valence-electron chi connectivity index (χ1n) is 39.4. The van der Waals surface area contributed by atoms with Gasteiger partial charge in [0.2, 0.25) is 47.5 Å². The summed E-state index contributed by atoms with van der Waals surface area (Å²) in [6.07, 6.45) is 12.6. The largest absolute Gasteiger partial charge is 0.431 e. The van der Waals surface area contributed by atoms with Crippen LogP contribution in [-0.2, 0) is 59.1 Å². The van der Waals surface area contributed by atoms with Crippen LogP contribution in [0.2, 0.25) is 0 Å². The van der Waals surface area contributed by atoms with Gasteiger partial charge in [-0.2, -0.15) is 0 Å². The molecule has 13 unspecified atom stereocenters. The highest BCUT2D eigenvalue weighted by molar-refractivity contribution is 8.02. The SMILES string of the molecule is CCCCN(C(=O)CNC(=O)C(C(C)C)N(C)C(=O)OC(C(=O)N1CCN(C)CC1)c1ccc(NC(=O)C(CCCN)NC(=O)C(NC(=O)CCCCCN2C(=O)C=CC2=O)C(C)C)cc1)C(C(C)CC)C(CC)CC(=O)N1CCCC1C(CC)C(C)C(=O)NC(Cc1ccccc1)C1SC=CCC1CC. The van der Waals surface area contributed by atoms with E-state index in [-0.39, 0.29) is 133 Å². The van der Waals surface area contributed by atoms with Crippen LogP contribution >= 0.6 is 11.8 Å². The zero-order valence-electron chi connectivity index (χ0n) is 65.6. The third-order valence-electron chi connectivity index (χ3n) is 22.1. The van der Waals surface area contributed by atoms with Crippen molar-refractivity contribution in [2.45, 2.75) is 233 Å². The van der Waals surface area contributed by atoms with Gasteiger partial charge in [0.1, 0.15) is 18.1 Å². The van der Waals surface area contributed by atoms with Gasteiger partial charge in [-0.15, -0.1) is 11.8 Å². The van der Waals surface area contributed by atoms with Crippen molar-refractivity contribution in [3.05, 3.63) is 89.4 Å². The van der Waals surface area contributed by atoms with Gasteiger partial charge in [-0.25, -0.2) is 4.79 Å². The molecular formula is C81H126N12O12S. The number of nitrogens with one attached hydrogen (secondary N) is 5. The molecule has 4 aliphatic heterocycles. The number of imide groups is 1. The number of thioether (sulfide) groups is 1. The number of nitrogens with two attached hydrogens (primary N) is 1. The van der Waals surface area contributed by atoms with Crippen molar-refractivity contribution in [3.63, 3.8) is 0 Å². The Balaban J connectivity index is 1.12. The fraction of sp³-hybridized carbons (Fsp3) is 0.667. The molecule has 6 rings (SSSR count). The predicted molar refractivity (Wildman–Crippen MR) is 416 cm³/mol. The maximum Gasteiger partial charge on any atom is 0.411 e. The summed E-state index contributed by atoms with van der Waals surface area (Å²) < 4.78 is 6.16. The Kier molecular flexibility index (Phi) is 36.2. The molecule has 25 heteroatoms. The summed E-state index contributed by atoms with van der Waals surface area (Å²) in [6, 6.07) is 12.9. The van der Waals surface area contributed by atoms with Gasteiger partial charge < -0.3 is 56.7 Å². The topological polar surface area (TPSA) is 303 Å². The second-order valence-electron chi connectivity index (χ2n) is 30.3. The van der Waals surface area contributed by atoms with E-state index in [0.717, 1.165) is 61.2 Å². The highest BCUT2D eigenvalue weighted by atomic mass is 32.2. The van der Waals surface area contributed by atoms with E-state index in [4.69, 9.17) is 10.5 Å². The number of nitrogens with zero attached hydrogens (tertiary/aromatic N) is 6. The van der Waals surface area contributed by atoms with Gasteiger partial charge in [0, 0.05) is 118 Å². The normalized spacial score (nSPS) is 19.7. The number of unbranched alkanes of at least 4 members (excludes halogenated alkanes) is 3. The lowest BCUT2D eigenvalue weighted by Gasteiger charge is -2.42. The zero-order chi connectivity index (χ0) is 77.7. The molecule has 0 aromatic heterocycles. The summed E-state index contributed by atoms with van der Waals surface area (Å²) in [5.74, 6) is -4.63. The Hall–Kier alpha value is -7.64. The Bertz CT molecular complexity index is 3260. The third-order valence-corrected chi connectivity index (χ3v) is 23.4. The molecule has 0 bridgehead atoms. The molecule has 0 radical (unpaired) electrons. The maximum atomic E-state index is 15.0. The van der Waals surface area contributed by atoms with Crippen molar-refractivity contribution in [2.75, 3.05) is 78.3 Å². The summed E-state index contributed by atoms with van der Waals surface area (Å²) in [5, 5.41) is 17.3. The minimum Gasteiger partial charge on any atom is -0.431 e. The fourth-order valence-corrected chi connectivity index (χ4v) is 16.8. The molecule has 2 saturated heterocycles. The van der Waals surface area contributed by atoms with Gasteiger partial charge in [-0.3, -0.25) is 57.7 Å². The number of hydrogen-bond donors (Lipinski definition) is 6. The van der Waals surface area contributed by atoms with Crippen LogP contribution in [0, 0.1) is 41.4 Å². The summed E-state index contributed by atoms with van der Waals surface area (Å²) in [5.41, 5.74) is 7.65. The van der Waals surface area contributed by atoms with Crippen LogP contribution in [0.1, 0.15) is 196 Å². The number of carbonyl (C=O) groups is 11. The minimum atomic E-state index is -1.48. The molecule has 0 aliphatic carbocycles. The number of piperazine rings is 1. The molecule has 4 heterocycles. The summed E-state index contributed by atoms with van der Waals surface area (Å²) in [7, 11) is 3.37. The summed E-state index contributed by atoms with van der Waals surface area (Å²) >= 11 is 1.82. The number of rotatable bonds is 42. The summed E-state index contributed by atoms with van der Waals surface area (Å²) in [4.78, 5) is 163. The van der Waals surface area contributed by atoms with Crippen molar-refractivity contribution in [3.8, 4) is 0 Å². The number of ether oxygens (including phenoxy) is 1.